The van der Waals surface area contributed by atoms with Gasteiger partial charge < -0.3 is 19.0 Å². The molecule has 1 N–H and O–H groups in total. The topological polar surface area (TPSA) is 77.5 Å². The van der Waals surface area contributed by atoms with E-state index < -0.39 is 0 Å². The van der Waals surface area contributed by atoms with Gasteiger partial charge in [0.15, 0.2) is 5.69 Å². The van der Waals surface area contributed by atoms with Crippen LogP contribution in [-0.2, 0) is 4.74 Å². The van der Waals surface area contributed by atoms with Gasteiger partial charge in [-0.05, 0) is 25.0 Å². The molecule has 0 spiro atoms. The quantitative estimate of drug-likeness (QED) is 0.875. The number of amides is 1. The van der Waals surface area contributed by atoms with E-state index in [4.69, 9.17) is 13.7 Å². The lowest BCUT2D eigenvalue weighted by Gasteiger charge is -2.12. The molecule has 20 heavy (non-hydrogen) atoms. The van der Waals surface area contributed by atoms with E-state index in [-0.39, 0.29) is 12.0 Å². The molecule has 2 aromatic heterocycles. The number of nitrogens with zero attached hydrogens (tertiary/aromatic N) is 1. The van der Waals surface area contributed by atoms with Gasteiger partial charge in [0.05, 0.1) is 12.8 Å². The summed E-state index contributed by atoms with van der Waals surface area (Å²) in [6.07, 6.45) is 3.48. The lowest BCUT2D eigenvalue weighted by atomic mass is 10.2. The summed E-state index contributed by atoms with van der Waals surface area (Å²) in [4.78, 5) is 12.0. The second kappa shape index (κ2) is 5.50. The maximum absolute atomic E-state index is 12.0. The maximum atomic E-state index is 12.0. The van der Waals surface area contributed by atoms with Gasteiger partial charge in [-0.3, -0.25) is 4.79 Å². The Morgan fingerprint density at radius 3 is 3.10 bits per heavy atom. The second-order valence-corrected chi connectivity index (χ2v) is 4.84. The van der Waals surface area contributed by atoms with Crippen LogP contribution in [0.15, 0.2) is 33.4 Å². The van der Waals surface area contributed by atoms with Gasteiger partial charge in [0.2, 0.25) is 0 Å². The van der Waals surface area contributed by atoms with Gasteiger partial charge in [-0.25, -0.2) is 0 Å². The minimum Gasteiger partial charge on any atom is -0.467 e. The lowest BCUT2D eigenvalue weighted by molar-refractivity contribution is 0.0734. The molecule has 1 aliphatic carbocycles. The molecule has 0 aliphatic heterocycles. The van der Waals surface area contributed by atoms with E-state index in [2.05, 4.69) is 10.5 Å². The Hall–Kier alpha value is -2.08. The van der Waals surface area contributed by atoms with Crippen molar-refractivity contribution >= 4 is 5.91 Å². The van der Waals surface area contributed by atoms with Gasteiger partial charge in [-0.15, -0.1) is 0 Å². The number of nitrogens with one attached hydrogen (secondary N) is 1. The van der Waals surface area contributed by atoms with Crippen LogP contribution in [0.4, 0.5) is 0 Å². The normalized spacial score (nSPS) is 16.1. The van der Waals surface area contributed by atoms with Crippen molar-refractivity contribution in [1.82, 2.24) is 10.5 Å². The van der Waals surface area contributed by atoms with Gasteiger partial charge >= 0.3 is 0 Å². The molecule has 0 bridgehead atoms. The minimum absolute atomic E-state index is 0.269. The number of hydrogen-bond donors (Lipinski definition) is 1. The van der Waals surface area contributed by atoms with E-state index in [1.54, 1.807) is 25.5 Å². The minimum atomic E-state index is -0.316. The van der Waals surface area contributed by atoms with Crippen LogP contribution in [-0.4, -0.2) is 24.7 Å². The average Bonchev–Trinajstić information content (AvgIpc) is 2.97. The number of aromatic nitrogens is 1. The molecule has 1 saturated carbocycles. The van der Waals surface area contributed by atoms with Crippen molar-refractivity contribution in [3.05, 3.63) is 41.7 Å². The highest BCUT2D eigenvalue weighted by atomic mass is 16.5. The third-order valence-corrected chi connectivity index (χ3v) is 3.33. The Morgan fingerprint density at radius 1 is 1.60 bits per heavy atom. The molecule has 6 nitrogen and oxygen atoms in total. The highest BCUT2D eigenvalue weighted by Gasteiger charge is 2.29. The number of carbonyl (C=O) groups excluding carboxylic acids is 1. The van der Waals surface area contributed by atoms with Gasteiger partial charge in [0, 0.05) is 19.1 Å². The Morgan fingerprint density at radius 2 is 2.45 bits per heavy atom. The molecule has 0 aromatic carbocycles. The summed E-state index contributed by atoms with van der Waals surface area (Å²) < 4.78 is 15.7. The summed E-state index contributed by atoms with van der Waals surface area (Å²) in [5.41, 5.74) is 0.307. The molecular formula is C14H16N2O4. The highest BCUT2D eigenvalue weighted by Crippen LogP contribution is 2.40. The van der Waals surface area contributed by atoms with Crippen molar-refractivity contribution in [1.29, 1.82) is 0 Å². The Kier molecular flexibility index (Phi) is 3.56. The molecule has 2 heterocycles. The van der Waals surface area contributed by atoms with Crippen LogP contribution < -0.4 is 5.32 Å². The predicted molar refractivity (Wildman–Crippen MR) is 69.3 cm³/mol. The zero-order valence-corrected chi connectivity index (χ0v) is 11.2. The first-order valence-electron chi connectivity index (χ1n) is 6.59. The van der Waals surface area contributed by atoms with Crippen LogP contribution >= 0.6 is 0 Å². The van der Waals surface area contributed by atoms with Gasteiger partial charge in [0.25, 0.3) is 5.91 Å². The van der Waals surface area contributed by atoms with Crippen LogP contribution in [0.3, 0.4) is 0 Å². The third kappa shape index (κ3) is 2.75. The molecule has 1 amide bonds. The van der Waals surface area contributed by atoms with Crippen molar-refractivity contribution in [3.8, 4) is 0 Å². The molecule has 1 fully saturated rings. The van der Waals surface area contributed by atoms with Crippen molar-refractivity contribution in [2.75, 3.05) is 13.7 Å². The van der Waals surface area contributed by atoms with E-state index in [0.29, 0.717) is 23.9 Å². The third-order valence-electron chi connectivity index (χ3n) is 3.33. The van der Waals surface area contributed by atoms with E-state index >= 15 is 0 Å². The van der Waals surface area contributed by atoms with Crippen LogP contribution in [0.1, 0.15) is 46.9 Å². The van der Waals surface area contributed by atoms with E-state index in [1.165, 1.54) is 0 Å². The van der Waals surface area contributed by atoms with Crippen LogP contribution in [0.2, 0.25) is 0 Å². The molecule has 106 valence electrons. The first kappa shape index (κ1) is 12.9. The summed E-state index contributed by atoms with van der Waals surface area (Å²) in [7, 11) is 1.57. The summed E-state index contributed by atoms with van der Waals surface area (Å²) >= 11 is 0. The van der Waals surface area contributed by atoms with Gasteiger partial charge in [-0.1, -0.05) is 5.16 Å². The number of carbonyl (C=O) groups is 1. The second-order valence-electron chi connectivity index (χ2n) is 4.84. The average molecular weight is 276 g/mol. The Labute approximate surface area is 116 Å². The van der Waals surface area contributed by atoms with Gasteiger partial charge in [0.1, 0.15) is 17.6 Å². The van der Waals surface area contributed by atoms with Crippen LogP contribution in [0.5, 0.6) is 0 Å². The molecule has 1 aliphatic rings. The highest BCUT2D eigenvalue weighted by molar-refractivity contribution is 5.92. The van der Waals surface area contributed by atoms with Crippen molar-refractivity contribution in [2.45, 2.75) is 24.9 Å². The fraction of sp³-hybridized carbons (Fsp3) is 0.429. The van der Waals surface area contributed by atoms with E-state index in [0.717, 1.165) is 18.6 Å². The first-order valence-corrected chi connectivity index (χ1v) is 6.59. The van der Waals surface area contributed by atoms with Crippen LogP contribution in [0.25, 0.3) is 0 Å². The SMILES string of the molecule is COC(CNC(=O)c1cc(C2CC2)on1)c1ccco1. The molecule has 1 atom stereocenters. The number of methoxy groups -OCH3 is 1. The zero-order chi connectivity index (χ0) is 13.9. The molecule has 6 heteroatoms. The Bertz CT molecular complexity index is 572. The fourth-order valence-electron chi connectivity index (χ4n) is 2.01. The predicted octanol–water partition coefficient (Wildman–Crippen LogP) is 2.26. The largest absolute Gasteiger partial charge is 0.467 e. The summed E-state index contributed by atoms with van der Waals surface area (Å²) in [5, 5.41) is 6.56. The van der Waals surface area contributed by atoms with Gasteiger partial charge in [-0.2, -0.15) is 0 Å². The van der Waals surface area contributed by atoms with Crippen molar-refractivity contribution in [3.63, 3.8) is 0 Å². The summed E-state index contributed by atoms with van der Waals surface area (Å²) in [6, 6.07) is 5.30. The number of furan rings is 1. The zero-order valence-electron chi connectivity index (χ0n) is 11.2. The molecule has 1 unspecified atom stereocenters. The monoisotopic (exact) mass is 276 g/mol. The molecule has 2 aromatic rings. The van der Waals surface area contributed by atoms with E-state index in [1.807, 2.05) is 6.07 Å². The summed E-state index contributed by atoms with van der Waals surface area (Å²) in [6.45, 7) is 0.314. The fourth-order valence-corrected chi connectivity index (χ4v) is 2.01. The first-order chi connectivity index (χ1) is 9.78. The lowest BCUT2D eigenvalue weighted by Crippen LogP contribution is -2.29. The van der Waals surface area contributed by atoms with E-state index in [9.17, 15) is 4.79 Å². The standard InChI is InChI=1S/C14H16N2O4/c1-18-13(11-3-2-6-19-11)8-15-14(17)10-7-12(20-16-10)9-4-5-9/h2-3,6-7,9,13H,4-5,8H2,1H3,(H,15,17). The number of rotatable bonds is 6. The molecular weight excluding hydrogens is 260 g/mol. The van der Waals surface area contributed by atoms with Crippen molar-refractivity contribution < 1.29 is 18.5 Å². The number of ether oxygens (including phenoxy) is 1. The maximum Gasteiger partial charge on any atom is 0.273 e. The summed E-state index contributed by atoms with van der Waals surface area (Å²) in [5.74, 6) is 1.64. The van der Waals surface area contributed by atoms with Crippen LogP contribution in [0, 0.1) is 0 Å². The molecule has 0 saturated heterocycles. The molecule has 0 radical (unpaired) electrons. The van der Waals surface area contributed by atoms with Crippen molar-refractivity contribution in [2.24, 2.45) is 0 Å². The number of hydrogen-bond acceptors (Lipinski definition) is 5. The smallest absolute Gasteiger partial charge is 0.273 e. The molecule has 3 rings (SSSR count). The Balaban J connectivity index is 1.57.